The summed E-state index contributed by atoms with van der Waals surface area (Å²) in [5.74, 6) is -0.846. The second-order valence-electron chi connectivity index (χ2n) is 3.22. The van der Waals surface area contributed by atoms with Crippen molar-refractivity contribution in [2.75, 3.05) is 12.3 Å². The van der Waals surface area contributed by atoms with Crippen molar-refractivity contribution in [3.05, 3.63) is 0 Å². The van der Waals surface area contributed by atoms with Crippen molar-refractivity contribution < 1.29 is 18.0 Å². The lowest BCUT2D eigenvalue weighted by Crippen LogP contribution is -2.52. The van der Waals surface area contributed by atoms with Crippen LogP contribution in [0, 0.1) is 0 Å². The van der Waals surface area contributed by atoms with Crippen LogP contribution in [0.4, 0.5) is 0 Å². The Kier molecular flexibility index (Phi) is 3.69. The molecule has 86 valence electrons. The number of sulfonamides is 1. The number of likely N-dealkylation sites (tertiary alicyclic amines) is 1. The average Bonchev–Trinajstić information content (AvgIpc) is 2.19. The molecule has 1 fully saturated rings. The van der Waals surface area contributed by atoms with Gasteiger partial charge < -0.3 is 0 Å². The third-order valence-corrected chi connectivity index (χ3v) is 3.91. The summed E-state index contributed by atoms with van der Waals surface area (Å²) in [5, 5.41) is -0.603. The Hall–Kier alpha value is -0.660. The fourth-order valence-electron chi connectivity index (χ4n) is 1.27. The van der Waals surface area contributed by atoms with E-state index in [2.05, 4.69) is 4.72 Å². The molecule has 1 heterocycles. The summed E-state index contributed by atoms with van der Waals surface area (Å²) in [6, 6.07) is -0.878. The molecule has 1 aliphatic heterocycles. The maximum Gasteiger partial charge on any atom is 0.247 e. The van der Waals surface area contributed by atoms with Gasteiger partial charge in [-0.2, -0.15) is 0 Å². The number of halogens is 1. The maximum atomic E-state index is 11.5. The Labute approximate surface area is 92.6 Å². The predicted molar refractivity (Wildman–Crippen MR) is 53.6 cm³/mol. The minimum Gasteiger partial charge on any atom is -0.284 e. The second-order valence-corrected chi connectivity index (χ2v) is 5.56. The second kappa shape index (κ2) is 4.46. The number of hydrogen-bond acceptors (Lipinski definition) is 4. The van der Waals surface area contributed by atoms with Crippen molar-refractivity contribution in [2.24, 2.45) is 0 Å². The standard InChI is InChI=1S/C7H11ClN2O4S/c1-10-6(11)3-2-5(7(10)12)9-15(13,14)4-8/h5,9H,2-4H2,1H3. The molecule has 0 bridgehead atoms. The topological polar surface area (TPSA) is 83.6 Å². The lowest BCUT2D eigenvalue weighted by atomic mass is 10.1. The van der Waals surface area contributed by atoms with Crippen LogP contribution in [0.25, 0.3) is 0 Å². The van der Waals surface area contributed by atoms with Gasteiger partial charge in [-0.25, -0.2) is 13.1 Å². The van der Waals surface area contributed by atoms with Crippen LogP contribution in [-0.2, 0) is 19.6 Å². The SMILES string of the molecule is CN1C(=O)CCC(NS(=O)(=O)CCl)C1=O. The van der Waals surface area contributed by atoms with Crippen molar-refractivity contribution >= 4 is 33.4 Å². The number of amides is 2. The number of imide groups is 1. The van der Waals surface area contributed by atoms with E-state index in [4.69, 9.17) is 11.6 Å². The third-order valence-electron chi connectivity index (χ3n) is 2.12. The molecule has 0 aromatic heterocycles. The monoisotopic (exact) mass is 254 g/mol. The molecular formula is C7H11ClN2O4S. The predicted octanol–water partition coefficient (Wildman–Crippen LogP) is -0.750. The normalized spacial score (nSPS) is 23.3. The number of rotatable bonds is 3. The molecule has 0 aromatic carbocycles. The van der Waals surface area contributed by atoms with Crippen LogP contribution in [0.3, 0.4) is 0 Å². The number of carbonyl (C=O) groups excluding carboxylic acids is 2. The summed E-state index contributed by atoms with van der Waals surface area (Å²) in [6.07, 6.45) is 0.329. The van der Waals surface area contributed by atoms with E-state index in [0.29, 0.717) is 0 Å². The number of nitrogens with zero attached hydrogens (tertiary/aromatic N) is 1. The van der Waals surface area contributed by atoms with Gasteiger partial charge in [-0.15, -0.1) is 11.6 Å². The van der Waals surface area contributed by atoms with Crippen LogP contribution in [0.5, 0.6) is 0 Å². The number of nitrogens with one attached hydrogen (secondary N) is 1. The molecule has 1 rings (SSSR count). The summed E-state index contributed by atoms with van der Waals surface area (Å²) in [4.78, 5) is 23.5. The van der Waals surface area contributed by atoms with Gasteiger partial charge in [0, 0.05) is 13.5 Å². The van der Waals surface area contributed by atoms with E-state index < -0.39 is 27.2 Å². The summed E-state index contributed by atoms with van der Waals surface area (Å²) in [5.41, 5.74) is 0. The number of alkyl halides is 1. The van der Waals surface area contributed by atoms with Crippen LogP contribution in [0.2, 0.25) is 0 Å². The van der Waals surface area contributed by atoms with Gasteiger partial charge in [0.2, 0.25) is 21.8 Å². The molecule has 0 spiro atoms. The van der Waals surface area contributed by atoms with Gasteiger partial charge in [0.05, 0.1) is 0 Å². The largest absolute Gasteiger partial charge is 0.284 e. The van der Waals surface area contributed by atoms with E-state index in [1.54, 1.807) is 0 Å². The van der Waals surface area contributed by atoms with Crippen molar-refractivity contribution in [2.45, 2.75) is 18.9 Å². The zero-order valence-electron chi connectivity index (χ0n) is 8.07. The number of hydrogen-bond donors (Lipinski definition) is 1. The van der Waals surface area contributed by atoms with Crippen LogP contribution >= 0.6 is 11.6 Å². The van der Waals surface area contributed by atoms with Gasteiger partial charge >= 0.3 is 0 Å². The van der Waals surface area contributed by atoms with Crippen molar-refractivity contribution in [3.63, 3.8) is 0 Å². The summed E-state index contributed by atoms with van der Waals surface area (Å²) in [7, 11) is -2.31. The summed E-state index contributed by atoms with van der Waals surface area (Å²) >= 11 is 5.18. The van der Waals surface area contributed by atoms with Gasteiger partial charge in [-0.1, -0.05) is 0 Å². The number of piperidine rings is 1. The summed E-state index contributed by atoms with van der Waals surface area (Å²) < 4.78 is 24.3. The Bertz CT molecular complexity index is 380. The lowest BCUT2D eigenvalue weighted by molar-refractivity contribution is -0.147. The molecule has 2 amide bonds. The Morgan fingerprint density at radius 2 is 2.13 bits per heavy atom. The molecule has 1 aliphatic rings. The van der Waals surface area contributed by atoms with Gasteiger partial charge in [0.25, 0.3) is 0 Å². The van der Waals surface area contributed by atoms with E-state index in [1.807, 2.05) is 0 Å². The van der Waals surface area contributed by atoms with Crippen molar-refractivity contribution in [1.82, 2.24) is 9.62 Å². The van der Waals surface area contributed by atoms with E-state index >= 15 is 0 Å². The first kappa shape index (κ1) is 12.4. The zero-order valence-corrected chi connectivity index (χ0v) is 9.64. The molecule has 6 nitrogen and oxygen atoms in total. The first-order chi connectivity index (χ1) is 6.87. The minimum atomic E-state index is -3.64. The molecule has 15 heavy (non-hydrogen) atoms. The number of likely N-dealkylation sites (N-methyl/N-ethyl adjacent to an activating group) is 1. The minimum absolute atomic E-state index is 0.151. The third kappa shape index (κ3) is 2.90. The first-order valence-electron chi connectivity index (χ1n) is 4.24. The Morgan fingerprint density at radius 3 is 2.67 bits per heavy atom. The van der Waals surface area contributed by atoms with Crippen LogP contribution in [-0.4, -0.2) is 43.4 Å². The van der Waals surface area contributed by atoms with Crippen LogP contribution in [0.1, 0.15) is 12.8 Å². The number of carbonyl (C=O) groups is 2. The lowest BCUT2D eigenvalue weighted by Gasteiger charge is -2.27. The molecule has 8 heteroatoms. The molecule has 0 aliphatic carbocycles. The fraction of sp³-hybridized carbons (Fsp3) is 0.714. The quantitative estimate of drug-likeness (QED) is 0.531. The molecule has 0 aromatic rings. The van der Waals surface area contributed by atoms with E-state index in [0.717, 1.165) is 4.90 Å². The van der Waals surface area contributed by atoms with Gasteiger partial charge in [-0.3, -0.25) is 14.5 Å². The van der Waals surface area contributed by atoms with E-state index in [1.165, 1.54) is 7.05 Å². The van der Waals surface area contributed by atoms with Crippen molar-refractivity contribution in [1.29, 1.82) is 0 Å². The highest BCUT2D eigenvalue weighted by molar-refractivity contribution is 7.90. The molecular weight excluding hydrogens is 244 g/mol. The molecule has 1 unspecified atom stereocenters. The Morgan fingerprint density at radius 1 is 1.53 bits per heavy atom. The van der Waals surface area contributed by atoms with Crippen LogP contribution in [0.15, 0.2) is 0 Å². The van der Waals surface area contributed by atoms with Gasteiger partial charge in [0.15, 0.2) is 0 Å². The van der Waals surface area contributed by atoms with Gasteiger partial charge in [-0.05, 0) is 6.42 Å². The molecule has 0 saturated carbocycles. The maximum absolute atomic E-state index is 11.5. The molecule has 0 radical (unpaired) electrons. The Balaban J connectivity index is 2.73. The summed E-state index contributed by atoms with van der Waals surface area (Å²) in [6.45, 7) is 0. The first-order valence-corrected chi connectivity index (χ1v) is 6.42. The molecule has 1 atom stereocenters. The highest BCUT2D eigenvalue weighted by Gasteiger charge is 2.33. The van der Waals surface area contributed by atoms with Crippen molar-refractivity contribution in [3.8, 4) is 0 Å². The highest BCUT2D eigenvalue weighted by Crippen LogP contribution is 2.12. The molecule has 1 N–H and O–H groups in total. The molecule has 1 saturated heterocycles. The average molecular weight is 255 g/mol. The van der Waals surface area contributed by atoms with Gasteiger partial charge in [0.1, 0.15) is 11.3 Å². The fourth-order valence-corrected chi connectivity index (χ4v) is 2.18. The highest BCUT2D eigenvalue weighted by atomic mass is 35.5. The van der Waals surface area contributed by atoms with E-state index in [9.17, 15) is 18.0 Å². The smallest absolute Gasteiger partial charge is 0.247 e. The zero-order chi connectivity index (χ0) is 11.6. The van der Waals surface area contributed by atoms with Crippen LogP contribution < -0.4 is 4.72 Å². The van der Waals surface area contributed by atoms with E-state index in [-0.39, 0.29) is 18.7 Å².